The largest absolute Gasteiger partial charge is 0.462 e. The van der Waals surface area contributed by atoms with Gasteiger partial charge in [0.2, 0.25) is 5.91 Å². The molecule has 7 heteroatoms. The Hall–Kier alpha value is -2.67. The molecule has 28 heavy (non-hydrogen) atoms. The van der Waals surface area contributed by atoms with Crippen LogP contribution in [0.3, 0.4) is 0 Å². The second-order valence-corrected chi connectivity index (χ2v) is 7.92. The van der Waals surface area contributed by atoms with Crippen molar-refractivity contribution in [2.45, 2.75) is 41.5 Å². The standard InChI is InChI=1S/C21H26N2O4S/c1-7-27-21(26)16-14(6)17(28-20(16)23-18(24)11(2)3)19(25)22-15-9-8-12(4)10-13(15)5/h8-11H,7H2,1-6H3,(H,22,25)(H,23,24). The summed E-state index contributed by atoms with van der Waals surface area (Å²) in [4.78, 5) is 37.8. The minimum atomic E-state index is -0.555. The van der Waals surface area contributed by atoms with Crippen LogP contribution in [0.4, 0.5) is 10.7 Å². The Morgan fingerprint density at radius 3 is 2.36 bits per heavy atom. The lowest BCUT2D eigenvalue weighted by atomic mass is 10.1. The predicted molar refractivity (Wildman–Crippen MR) is 112 cm³/mol. The minimum absolute atomic E-state index is 0.204. The molecule has 0 aliphatic rings. The van der Waals surface area contributed by atoms with E-state index in [0.717, 1.165) is 22.5 Å². The summed E-state index contributed by atoms with van der Waals surface area (Å²) in [6.45, 7) is 11.0. The molecule has 0 aliphatic carbocycles. The van der Waals surface area contributed by atoms with Crippen LogP contribution in [0.1, 0.15) is 57.5 Å². The van der Waals surface area contributed by atoms with Crippen molar-refractivity contribution in [1.29, 1.82) is 0 Å². The van der Waals surface area contributed by atoms with E-state index < -0.39 is 5.97 Å². The number of rotatable bonds is 6. The topological polar surface area (TPSA) is 84.5 Å². The first-order chi connectivity index (χ1) is 13.1. The molecule has 0 saturated heterocycles. The van der Waals surface area contributed by atoms with Gasteiger partial charge in [-0.25, -0.2) is 4.79 Å². The van der Waals surface area contributed by atoms with E-state index in [4.69, 9.17) is 4.74 Å². The van der Waals surface area contributed by atoms with E-state index in [0.29, 0.717) is 21.1 Å². The quantitative estimate of drug-likeness (QED) is 0.686. The number of amides is 2. The average Bonchev–Trinajstić information content (AvgIpc) is 2.93. The fourth-order valence-electron chi connectivity index (χ4n) is 2.66. The van der Waals surface area contributed by atoms with Crippen LogP contribution < -0.4 is 10.6 Å². The summed E-state index contributed by atoms with van der Waals surface area (Å²) in [6.07, 6.45) is 0. The summed E-state index contributed by atoms with van der Waals surface area (Å²) in [5, 5.41) is 5.97. The Morgan fingerprint density at radius 1 is 1.11 bits per heavy atom. The Bertz CT molecular complexity index is 915. The van der Waals surface area contributed by atoms with Crippen molar-refractivity contribution in [2.75, 3.05) is 17.2 Å². The molecule has 2 N–H and O–H groups in total. The van der Waals surface area contributed by atoms with Crippen molar-refractivity contribution in [3.05, 3.63) is 45.3 Å². The van der Waals surface area contributed by atoms with Gasteiger partial charge in [0.15, 0.2) is 0 Å². The molecule has 0 saturated carbocycles. The summed E-state index contributed by atoms with van der Waals surface area (Å²) in [6, 6.07) is 5.75. The highest BCUT2D eigenvalue weighted by atomic mass is 32.1. The van der Waals surface area contributed by atoms with Gasteiger partial charge in [0.25, 0.3) is 5.91 Å². The lowest BCUT2D eigenvalue weighted by Crippen LogP contribution is -2.19. The molecule has 0 fully saturated rings. The van der Waals surface area contributed by atoms with E-state index in [-0.39, 0.29) is 29.9 Å². The molecule has 2 aromatic rings. The summed E-state index contributed by atoms with van der Waals surface area (Å²) in [7, 11) is 0. The van der Waals surface area contributed by atoms with E-state index >= 15 is 0 Å². The van der Waals surface area contributed by atoms with Crippen LogP contribution in [0, 0.1) is 26.7 Å². The first kappa shape index (κ1) is 21.6. The van der Waals surface area contributed by atoms with Gasteiger partial charge >= 0.3 is 5.97 Å². The fourth-order valence-corrected chi connectivity index (χ4v) is 3.75. The van der Waals surface area contributed by atoms with Crippen molar-refractivity contribution < 1.29 is 19.1 Å². The van der Waals surface area contributed by atoms with Gasteiger partial charge in [-0.2, -0.15) is 0 Å². The number of ether oxygens (including phenoxy) is 1. The Balaban J connectivity index is 2.41. The summed E-state index contributed by atoms with van der Waals surface area (Å²) < 4.78 is 5.12. The molecule has 2 rings (SSSR count). The number of hydrogen-bond donors (Lipinski definition) is 2. The molecule has 150 valence electrons. The van der Waals surface area contributed by atoms with Crippen LogP contribution in [0.5, 0.6) is 0 Å². The van der Waals surface area contributed by atoms with Crippen LogP contribution in [0.25, 0.3) is 0 Å². The zero-order valence-electron chi connectivity index (χ0n) is 17.1. The van der Waals surface area contributed by atoms with Crippen LogP contribution in [-0.4, -0.2) is 24.4 Å². The first-order valence-corrected chi connectivity index (χ1v) is 9.97. The molecular formula is C21H26N2O4S. The molecule has 6 nitrogen and oxygen atoms in total. The minimum Gasteiger partial charge on any atom is -0.462 e. The maximum Gasteiger partial charge on any atom is 0.341 e. The fraction of sp³-hybridized carbons (Fsp3) is 0.381. The summed E-state index contributed by atoms with van der Waals surface area (Å²) in [5.74, 6) is -1.37. The third-order valence-electron chi connectivity index (χ3n) is 4.22. The predicted octanol–water partition coefficient (Wildman–Crippen LogP) is 4.70. The molecule has 0 aliphatic heterocycles. The Labute approximate surface area is 169 Å². The average molecular weight is 403 g/mol. The van der Waals surface area contributed by atoms with Gasteiger partial charge in [0.05, 0.1) is 17.0 Å². The highest BCUT2D eigenvalue weighted by Crippen LogP contribution is 2.35. The molecule has 1 aromatic carbocycles. The molecule has 1 aromatic heterocycles. The molecular weight excluding hydrogens is 376 g/mol. The van der Waals surface area contributed by atoms with E-state index in [2.05, 4.69) is 10.6 Å². The molecule has 0 spiro atoms. The molecule has 0 unspecified atom stereocenters. The maximum absolute atomic E-state index is 12.9. The maximum atomic E-state index is 12.9. The van der Waals surface area contributed by atoms with Gasteiger partial charge in [0.1, 0.15) is 5.00 Å². The van der Waals surface area contributed by atoms with Crippen molar-refractivity contribution in [3.63, 3.8) is 0 Å². The normalized spacial score (nSPS) is 10.7. The second-order valence-electron chi connectivity index (χ2n) is 6.90. The molecule has 0 bridgehead atoms. The van der Waals surface area contributed by atoms with Gasteiger partial charge in [-0.15, -0.1) is 11.3 Å². The van der Waals surface area contributed by atoms with Gasteiger partial charge in [-0.05, 0) is 44.9 Å². The number of carbonyl (C=O) groups is 3. The number of benzene rings is 1. The smallest absolute Gasteiger partial charge is 0.341 e. The third kappa shape index (κ3) is 4.78. The van der Waals surface area contributed by atoms with Crippen molar-refractivity contribution in [2.24, 2.45) is 5.92 Å². The van der Waals surface area contributed by atoms with Gasteiger partial charge in [-0.3, -0.25) is 9.59 Å². The number of nitrogens with one attached hydrogen (secondary N) is 2. The SMILES string of the molecule is CCOC(=O)c1c(NC(=O)C(C)C)sc(C(=O)Nc2ccc(C)cc2C)c1C. The summed E-state index contributed by atoms with van der Waals surface area (Å²) >= 11 is 1.08. The van der Waals surface area contributed by atoms with Crippen LogP contribution in [0.2, 0.25) is 0 Å². The third-order valence-corrected chi connectivity index (χ3v) is 5.43. The lowest BCUT2D eigenvalue weighted by Gasteiger charge is -2.09. The van der Waals surface area contributed by atoms with Gasteiger partial charge in [0, 0.05) is 11.6 Å². The second kappa shape index (κ2) is 9.01. The van der Waals surface area contributed by atoms with E-state index in [1.54, 1.807) is 27.7 Å². The summed E-state index contributed by atoms with van der Waals surface area (Å²) in [5.41, 5.74) is 3.47. The number of anilines is 2. The van der Waals surface area contributed by atoms with E-state index in [9.17, 15) is 14.4 Å². The number of thiophene rings is 1. The molecule has 2 amide bonds. The number of carbonyl (C=O) groups excluding carboxylic acids is 3. The highest BCUT2D eigenvalue weighted by molar-refractivity contribution is 7.18. The molecule has 0 atom stereocenters. The van der Waals surface area contributed by atoms with Crippen LogP contribution in [0.15, 0.2) is 18.2 Å². The van der Waals surface area contributed by atoms with Gasteiger partial charge < -0.3 is 15.4 Å². The Morgan fingerprint density at radius 2 is 1.79 bits per heavy atom. The molecule has 0 radical (unpaired) electrons. The number of aryl methyl sites for hydroxylation is 2. The van der Waals surface area contributed by atoms with Crippen molar-refractivity contribution in [3.8, 4) is 0 Å². The van der Waals surface area contributed by atoms with Crippen molar-refractivity contribution >= 4 is 39.8 Å². The lowest BCUT2D eigenvalue weighted by molar-refractivity contribution is -0.118. The van der Waals surface area contributed by atoms with Crippen LogP contribution in [-0.2, 0) is 9.53 Å². The van der Waals surface area contributed by atoms with Gasteiger partial charge in [-0.1, -0.05) is 31.5 Å². The highest BCUT2D eigenvalue weighted by Gasteiger charge is 2.27. The van der Waals surface area contributed by atoms with E-state index in [1.807, 2.05) is 32.0 Å². The first-order valence-electron chi connectivity index (χ1n) is 9.15. The Kier molecular flexibility index (Phi) is 6.96. The van der Waals surface area contributed by atoms with Crippen LogP contribution >= 0.6 is 11.3 Å². The van der Waals surface area contributed by atoms with E-state index in [1.165, 1.54) is 0 Å². The monoisotopic (exact) mass is 402 g/mol. The zero-order chi connectivity index (χ0) is 21.0. The zero-order valence-corrected chi connectivity index (χ0v) is 17.9. The number of esters is 1. The molecule has 1 heterocycles. The number of hydrogen-bond acceptors (Lipinski definition) is 5. The van der Waals surface area contributed by atoms with Crippen molar-refractivity contribution in [1.82, 2.24) is 0 Å².